The molecule has 1 N–H and O–H groups in total. The van der Waals surface area contributed by atoms with Gasteiger partial charge >= 0.3 is 0 Å². The van der Waals surface area contributed by atoms with Crippen molar-refractivity contribution in [1.82, 2.24) is 0 Å². The van der Waals surface area contributed by atoms with Gasteiger partial charge in [-0.1, -0.05) is 34.3 Å². The summed E-state index contributed by atoms with van der Waals surface area (Å²) in [6.45, 7) is 0. The van der Waals surface area contributed by atoms with Crippen LogP contribution in [0.25, 0.3) is 0 Å². The largest absolute Gasteiger partial charge is 0.393 e. The molecule has 2 saturated carbocycles. The summed E-state index contributed by atoms with van der Waals surface area (Å²) in [4.78, 5) is 0. The van der Waals surface area contributed by atoms with Gasteiger partial charge in [-0.25, -0.2) is 0 Å². The molecular formula is C7H12BIO. The van der Waals surface area contributed by atoms with Crippen LogP contribution >= 0.6 is 22.6 Å². The van der Waals surface area contributed by atoms with Crippen LogP contribution in [-0.2, 0) is 0 Å². The Kier molecular flexibility index (Phi) is 1.57. The molecule has 2 aliphatic rings. The zero-order valence-electron chi connectivity index (χ0n) is 6.18. The first-order chi connectivity index (χ1) is 4.67. The molecule has 0 aliphatic heterocycles. The first kappa shape index (κ1) is 7.41. The van der Waals surface area contributed by atoms with E-state index >= 15 is 0 Å². The number of alkyl halides is 1. The fourth-order valence-electron chi connectivity index (χ4n) is 2.45. The fourth-order valence-corrected chi connectivity index (χ4v) is 3.65. The minimum Gasteiger partial charge on any atom is -0.393 e. The zero-order chi connectivity index (χ0) is 7.35. The Morgan fingerprint density at radius 1 is 1.60 bits per heavy atom. The van der Waals surface area contributed by atoms with Crippen molar-refractivity contribution in [3.8, 4) is 0 Å². The van der Waals surface area contributed by atoms with Crippen molar-refractivity contribution in [2.75, 3.05) is 4.43 Å². The van der Waals surface area contributed by atoms with Gasteiger partial charge < -0.3 is 5.11 Å². The number of rotatable bonds is 1. The maximum atomic E-state index is 9.55. The summed E-state index contributed by atoms with van der Waals surface area (Å²) in [5.74, 6) is 1.48. The van der Waals surface area contributed by atoms with E-state index in [9.17, 15) is 5.11 Å². The summed E-state index contributed by atoms with van der Waals surface area (Å²) in [6, 6.07) is 0. The Labute approximate surface area is 76.1 Å². The lowest BCUT2D eigenvalue weighted by Gasteiger charge is -2.13. The van der Waals surface area contributed by atoms with Crippen LogP contribution in [0.15, 0.2) is 0 Å². The molecule has 0 radical (unpaired) electrons. The van der Waals surface area contributed by atoms with Gasteiger partial charge in [-0.15, -0.1) is 0 Å². The van der Waals surface area contributed by atoms with Crippen LogP contribution in [0.3, 0.4) is 0 Å². The van der Waals surface area contributed by atoms with Gasteiger partial charge in [0.2, 0.25) is 0 Å². The molecule has 2 fully saturated rings. The second-order valence-electron chi connectivity index (χ2n) is 4.05. The SMILES string of the molecule is B[C@]12CC(O)[C@@H](CI)C1C2. The molecule has 2 unspecified atom stereocenters. The predicted octanol–water partition coefficient (Wildman–Crippen LogP) is 0.614. The van der Waals surface area contributed by atoms with Crippen molar-refractivity contribution in [2.45, 2.75) is 24.3 Å². The molecule has 1 nitrogen and oxygen atoms in total. The van der Waals surface area contributed by atoms with Crippen LogP contribution in [0.5, 0.6) is 0 Å². The van der Waals surface area contributed by atoms with Crippen molar-refractivity contribution in [3.63, 3.8) is 0 Å². The molecule has 0 heterocycles. The molecule has 2 rings (SSSR count). The molecule has 0 aromatic heterocycles. The number of hydrogen-bond acceptors (Lipinski definition) is 1. The highest BCUT2D eigenvalue weighted by molar-refractivity contribution is 14.1. The van der Waals surface area contributed by atoms with E-state index in [4.69, 9.17) is 0 Å². The molecular weight excluding hydrogens is 238 g/mol. The van der Waals surface area contributed by atoms with Crippen LogP contribution in [0.4, 0.5) is 0 Å². The first-order valence-corrected chi connectivity index (χ1v) is 5.44. The monoisotopic (exact) mass is 250 g/mol. The van der Waals surface area contributed by atoms with Crippen molar-refractivity contribution >= 4 is 30.4 Å². The Morgan fingerprint density at radius 3 is 2.60 bits per heavy atom. The third-order valence-electron chi connectivity index (χ3n) is 3.29. The van der Waals surface area contributed by atoms with Gasteiger partial charge in [0.05, 0.1) is 6.10 Å². The highest BCUT2D eigenvalue weighted by Crippen LogP contribution is 2.70. The highest BCUT2D eigenvalue weighted by Gasteiger charge is 2.60. The lowest BCUT2D eigenvalue weighted by Crippen LogP contribution is -2.18. The molecule has 0 amide bonds. The Morgan fingerprint density at radius 2 is 2.30 bits per heavy atom. The van der Waals surface area contributed by atoms with Crippen LogP contribution in [0.1, 0.15) is 12.8 Å². The maximum absolute atomic E-state index is 9.55. The van der Waals surface area contributed by atoms with Gasteiger partial charge in [-0.2, -0.15) is 0 Å². The number of aliphatic hydroxyl groups excluding tert-OH is 1. The maximum Gasteiger partial charge on any atom is 0.110 e. The molecule has 10 heavy (non-hydrogen) atoms. The van der Waals surface area contributed by atoms with Crippen LogP contribution < -0.4 is 0 Å². The Bertz CT molecular complexity index is 164. The van der Waals surface area contributed by atoms with E-state index in [0.717, 1.165) is 16.8 Å². The van der Waals surface area contributed by atoms with Crippen molar-refractivity contribution in [1.29, 1.82) is 0 Å². The van der Waals surface area contributed by atoms with Gasteiger partial charge in [-0.3, -0.25) is 0 Å². The van der Waals surface area contributed by atoms with E-state index in [1.807, 2.05) is 0 Å². The molecule has 4 atom stereocenters. The lowest BCUT2D eigenvalue weighted by atomic mass is 9.81. The van der Waals surface area contributed by atoms with Gasteiger partial charge in [0, 0.05) is 4.43 Å². The normalized spacial score (nSPS) is 58.4. The Balaban J connectivity index is 2.10. The van der Waals surface area contributed by atoms with Gasteiger partial charge in [-0.05, 0) is 18.3 Å². The van der Waals surface area contributed by atoms with Gasteiger partial charge in [0.25, 0.3) is 0 Å². The summed E-state index contributed by atoms with van der Waals surface area (Å²) < 4.78 is 1.14. The lowest BCUT2D eigenvalue weighted by molar-refractivity contribution is 0.127. The molecule has 2 aliphatic carbocycles. The van der Waals surface area contributed by atoms with E-state index in [-0.39, 0.29) is 6.10 Å². The summed E-state index contributed by atoms with van der Waals surface area (Å²) in [7, 11) is 2.31. The van der Waals surface area contributed by atoms with Crippen molar-refractivity contribution in [3.05, 3.63) is 0 Å². The van der Waals surface area contributed by atoms with Crippen LogP contribution in [0, 0.1) is 11.8 Å². The molecule has 0 spiro atoms. The average Bonchev–Trinajstić information content (AvgIpc) is 2.38. The summed E-state index contributed by atoms with van der Waals surface area (Å²) in [5, 5.41) is 10.1. The minimum absolute atomic E-state index is 0.0145. The molecule has 56 valence electrons. The average molecular weight is 250 g/mol. The van der Waals surface area contributed by atoms with Crippen LogP contribution in [0.2, 0.25) is 5.31 Å². The molecule has 3 heteroatoms. The number of aliphatic hydroxyl groups is 1. The van der Waals surface area contributed by atoms with E-state index < -0.39 is 0 Å². The minimum atomic E-state index is 0.0145. The summed E-state index contributed by atoms with van der Waals surface area (Å²) in [5.41, 5.74) is 0. The summed E-state index contributed by atoms with van der Waals surface area (Å²) >= 11 is 2.39. The molecule has 0 aromatic carbocycles. The van der Waals surface area contributed by atoms with Gasteiger partial charge in [0.1, 0.15) is 7.85 Å². The smallest absolute Gasteiger partial charge is 0.110 e. The highest BCUT2D eigenvalue weighted by atomic mass is 127. The van der Waals surface area contributed by atoms with E-state index in [2.05, 4.69) is 30.4 Å². The number of hydrogen-bond donors (Lipinski definition) is 1. The second kappa shape index (κ2) is 2.13. The zero-order valence-corrected chi connectivity index (χ0v) is 8.34. The molecule has 0 bridgehead atoms. The number of halogens is 1. The summed E-state index contributed by atoms with van der Waals surface area (Å²) in [6.07, 6.45) is 2.45. The quantitative estimate of drug-likeness (QED) is 0.410. The van der Waals surface area contributed by atoms with E-state index in [0.29, 0.717) is 11.2 Å². The molecule has 0 aromatic rings. The van der Waals surface area contributed by atoms with Crippen LogP contribution in [-0.4, -0.2) is 23.5 Å². The predicted molar refractivity (Wildman–Crippen MR) is 52.3 cm³/mol. The third-order valence-corrected chi connectivity index (χ3v) is 4.30. The standard InChI is InChI=1S/C7H12BIO/c8-7-1-5(7)4(3-9)6(10)2-7/h4-6,10H,1-3,8H2/t4-,5?,6?,7+/m0/s1. The van der Waals surface area contributed by atoms with Gasteiger partial charge in [0.15, 0.2) is 0 Å². The van der Waals surface area contributed by atoms with Crippen molar-refractivity contribution < 1.29 is 5.11 Å². The second-order valence-corrected chi connectivity index (χ2v) is 4.94. The number of fused-ring (bicyclic) bond motifs is 1. The van der Waals surface area contributed by atoms with E-state index in [1.165, 1.54) is 6.42 Å². The van der Waals surface area contributed by atoms with Crippen molar-refractivity contribution in [2.24, 2.45) is 11.8 Å². The first-order valence-electron chi connectivity index (χ1n) is 3.91. The third kappa shape index (κ3) is 0.859. The Hall–Kier alpha value is 0.755. The topological polar surface area (TPSA) is 20.2 Å². The fraction of sp³-hybridized carbons (Fsp3) is 1.00. The van der Waals surface area contributed by atoms with E-state index in [1.54, 1.807) is 0 Å². The molecule has 0 saturated heterocycles.